The molecule has 1 aliphatic heterocycles. The number of ether oxygens (including phenoxy) is 1. The molecular formula is C19H20Cl2N2O4S2. The minimum Gasteiger partial charge on any atom is -0.379 e. The molecule has 2 aromatic carbocycles. The van der Waals surface area contributed by atoms with Gasteiger partial charge in [0.1, 0.15) is 0 Å². The van der Waals surface area contributed by atoms with Crippen LogP contribution in [0, 0.1) is 0 Å². The van der Waals surface area contributed by atoms with Crippen LogP contribution in [0.15, 0.2) is 52.3 Å². The Morgan fingerprint density at radius 3 is 2.62 bits per heavy atom. The number of nitrogens with one attached hydrogen (secondary N) is 1. The third-order valence-corrected chi connectivity index (χ3v) is 8.01. The van der Waals surface area contributed by atoms with Crippen LogP contribution < -0.4 is 5.32 Å². The molecule has 2 aromatic rings. The summed E-state index contributed by atoms with van der Waals surface area (Å²) in [5.74, 6) is -0.271. The highest BCUT2D eigenvalue weighted by molar-refractivity contribution is 8.00. The van der Waals surface area contributed by atoms with Gasteiger partial charge in [0.15, 0.2) is 0 Å². The molecule has 1 atom stereocenters. The second kappa shape index (κ2) is 9.68. The number of thioether (sulfide) groups is 1. The summed E-state index contributed by atoms with van der Waals surface area (Å²) in [6.45, 7) is 3.11. The predicted octanol–water partition coefficient (Wildman–Crippen LogP) is 4.13. The molecule has 1 amide bonds. The van der Waals surface area contributed by atoms with Crippen LogP contribution in [-0.2, 0) is 19.6 Å². The minimum atomic E-state index is -3.63. The van der Waals surface area contributed by atoms with E-state index in [2.05, 4.69) is 5.32 Å². The van der Waals surface area contributed by atoms with Crippen molar-refractivity contribution in [3.8, 4) is 0 Å². The van der Waals surface area contributed by atoms with E-state index in [4.69, 9.17) is 27.9 Å². The number of rotatable bonds is 6. The number of halogens is 2. The fourth-order valence-electron chi connectivity index (χ4n) is 2.73. The topological polar surface area (TPSA) is 75.7 Å². The summed E-state index contributed by atoms with van der Waals surface area (Å²) in [5, 5.41) is 3.35. The smallest absolute Gasteiger partial charge is 0.243 e. The van der Waals surface area contributed by atoms with Crippen LogP contribution in [0.5, 0.6) is 0 Å². The Bertz CT molecular complexity index is 995. The number of hydrogen-bond acceptors (Lipinski definition) is 5. The maximum atomic E-state index is 12.8. The lowest BCUT2D eigenvalue weighted by atomic mass is 10.3. The van der Waals surface area contributed by atoms with Crippen LogP contribution in [0.3, 0.4) is 0 Å². The van der Waals surface area contributed by atoms with Gasteiger partial charge in [-0.25, -0.2) is 8.42 Å². The number of hydrogen-bond donors (Lipinski definition) is 1. The van der Waals surface area contributed by atoms with Crippen LogP contribution in [0.2, 0.25) is 10.0 Å². The molecule has 0 bridgehead atoms. The summed E-state index contributed by atoms with van der Waals surface area (Å²) < 4.78 is 32.2. The van der Waals surface area contributed by atoms with E-state index in [0.29, 0.717) is 46.9 Å². The molecule has 29 heavy (non-hydrogen) atoms. The van der Waals surface area contributed by atoms with Crippen molar-refractivity contribution < 1.29 is 17.9 Å². The number of nitrogens with zero attached hydrogens (tertiary/aromatic N) is 1. The zero-order chi connectivity index (χ0) is 21.0. The van der Waals surface area contributed by atoms with E-state index in [1.54, 1.807) is 37.3 Å². The first-order valence-electron chi connectivity index (χ1n) is 8.88. The zero-order valence-electron chi connectivity index (χ0n) is 15.6. The van der Waals surface area contributed by atoms with E-state index >= 15 is 0 Å². The Labute approximate surface area is 184 Å². The van der Waals surface area contributed by atoms with Gasteiger partial charge >= 0.3 is 0 Å². The largest absolute Gasteiger partial charge is 0.379 e. The number of morpholine rings is 1. The number of carbonyl (C=O) groups is 1. The minimum absolute atomic E-state index is 0.135. The molecule has 0 spiro atoms. The molecule has 1 unspecified atom stereocenters. The zero-order valence-corrected chi connectivity index (χ0v) is 18.7. The molecule has 3 rings (SSSR count). The Morgan fingerprint density at radius 1 is 1.17 bits per heavy atom. The van der Waals surface area contributed by atoms with E-state index in [-0.39, 0.29) is 10.8 Å². The summed E-state index contributed by atoms with van der Waals surface area (Å²) >= 11 is 13.4. The Kier molecular flexibility index (Phi) is 7.47. The second-order valence-electron chi connectivity index (χ2n) is 6.37. The van der Waals surface area contributed by atoms with Crippen LogP contribution in [-0.4, -0.2) is 50.2 Å². The quantitative estimate of drug-likeness (QED) is 0.636. The summed E-state index contributed by atoms with van der Waals surface area (Å²) in [7, 11) is -3.63. The fraction of sp³-hybridized carbons (Fsp3) is 0.316. The first-order chi connectivity index (χ1) is 13.8. The summed E-state index contributed by atoms with van der Waals surface area (Å²) in [5.41, 5.74) is 0.411. The first kappa shape index (κ1) is 22.4. The number of benzene rings is 2. The normalized spacial score (nSPS) is 16.4. The van der Waals surface area contributed by atoms with Gasteiger partial charge in [-0.05, 0) is 43.3 Å². The van der Waals surface area contributed by atoms with Gasteiger partial charge in [0.2, 0.25) is 15.9 Å². The Morgan fingerprint density at radius 2 is 1.90 bits per heavy atom. The maximum Gasteiger partial charge on any atom is 0.243 e. The van der Waals surface area contributed by atoms with E-state index < -0.39 is 15.3 Å². The van der Waals surface area contributed by atoms with Crippen molar-refractivity contribution in [3.05, 3.63) is 52.5 Å². The number of amides is 1. The molecule has 1 saturated heterocycles. The van der Waals surface area contributed by atoms with Crippen LogP contribution in [0.25, 0.3) is 0 Å². The van der Waals surface area contributed by atoms with Crippen molar-refractivity contribution in [2.24, 2.45) is 0 Å². The highest BCUT2D eigenvalue weighted by Crippen LogP contribution is 2.33. The van der Waals surface area contributed by atoms with Crippen molar-refractivity contribution in [2.75, 3.05) is 31.6 Å². The molecule has 0 saturated carbocycles. The van der Waals surface area contributed by atoms with Gasteiger partial charge in [0, 0.05) is 28.7 Å². The Hall–Kier alpha value is -1.29. The first-order valence-corrected chi connectivity index (χ1v) is 12.0. The maximum absolute atomic E-state index is 12.8. The standard InChI is InChI=1S/C19H20Cl2N2O4S2/c1-13(28-18-11-14(20)5-6-17(18)21)19(24)22-15-3-2-4-16(12-15)29(25,26)23-7-9-27-10-8-23/h2-6,11-13H,7-10H2,1H3,(H,22,24). The molecule has 156 valence electrons. The fourth-order valence-corrected chi connectivity index (χ4v) is 5.59. The lowest BCUT2D eigenvalue weighted by molar-refractivity contribution is -0.115. The van der Waals surface area contributed by atoms with Gasteiger partial charge in [-0.1, -0.05) is 29.3 Å². The van der Waals surface area contributed by atoms with Crippen molar-refractivity contribution in [1.29, 1.82) is 0 Å². The van der Waals surface area contributed by atoms with Gasteiger partial charge in [-0.2, -0.15) is 4.31 Å². The molecule has 1 N–H and O–H groups in total. The third kappa shape index (κ3) is 5.65. The SMILES string of the molecule is CC(Sc1cc(Cl)ccc1Cl)C(=O)Nc1cccc(S(=O)(=O)N2CCOCC2)c1. The summed E-state index contributed by atoms with van der Waals surface area (Å²) in [6, 6.07) is 11.3. The van der Waals surface area contributed by atoms with E-state index in [1.807, 2.05) is 0 Å². The summed E-state index contributed by atoms with van der Waals surface area (Å²) in [6.07, 6.45) is 0. The van der Waals surface area contributed by atoms with Crippen molar-refractivity contribution in [1.82, 2.24) is 4.31 Å². The number of carbonyl (C=O) groups excluding carboxylic acids is 1. The van der Waals surface area contributed by atoms with Gasteiger partial charge in [-0.15, -0.1) is 11.8 Å². The molecule has 0 aliphatic carbocycles. The van der Waals surface area contributed by atoms with Crippen molar-refractivity contribution in [2.45, 2.75) is 22.0 Å². The van der Waals surface area contributed by atoms with Gasteiger partial charge in [-0.3, -0.25) is 4.79 Å². The molecule has 0 aromatic heterocycles. The van der Waals surface area contributed by atoms with Crippen LogP contribution >= 0.6 is 35.0 Å². The molecule has 1 fully saturated rings. The van der Waals surface area contributed by atoms with Crippen molar-refractivity contribution in [3.63, 3.8) is 0 Å². The lowest BCUT2D eigenvalue weighted by Crippen LogP contribution is -2.40. The molecule has 0 radical (unpaired) electrons. The molecule has 1 aliphatic rings. The molecule has 1 heterocycles. The van der Waals surface area contributed by atoms with Gasteiger partial charge in [0.05, 0.1) is 28.4 Å². The monoisotopic (exact) mass is 474 g/mol. The highest BCUT2D eigenvalue weighted by atomic mass is 35.5. The average molecular weight is 475 g/mol. The van der Waals surface area contributed by atoms with E-state index in [9.17, 15) is 13.2 Å². The van der Waals surface area contributed by atoms with Crippen LogP contribution in [0.1, 0.15) is 6.92 Å². The lowest BCUT2D eigenvalue weighted by Gasteiger charge is -2.26. The molecule has 10 heteroatoms. The van der Waals surface area contributed by atoms with E-state index in [0.717, 1.165) is 0 Å². The average Bonchev–Trinajstić information content (AvgIpc) is 2.71. The van der Waals surface area contributed by atoms with Crippen molar-refractivity contribution >= 4 is 56.6 Å². The number of sulfonamides is 1. The highest BCUT2D eigenvalue weighted by Gasteiger charge is 2.26. The van der Waals surface area contributed by atoms with E-state index in [1.165, 1.54) is 28.2 Å². The number of anilines is 1. The predicted molar refractivity (Wildman–Crippen MR) is 116 cm³/mol. The third-order valence-electron chi connectivity index (χ3n) is 4.28. The second-order valence-corrected chi connectivity index (χ2v) is 10.5. The Balaban J connectivity index is 1.70. The van der Waals surface area contributed by atoms with Gasteiger partial charge in [0.25, 0.3) is 0 Å². The summed E-state index contributed by atoms with van der Waals surface area (Å²) in [4.78, 5) is 13.4. The van der Waals surface area contributed by atoms with Gasteiger partial charge < -0.3 is 10.1 Å². The molecule has 6 nitrogen and oxygen atoms in total. The molecular weight excluding hydrogens is 455 g/mol. The van der Waals surface area contributed by atoms with Crippen LogP contribution in [0.4, 0.5) is 5.69 Å².